The minimum absolute atomic E-state index is 0.0785. The molecule has 0 spiro atoms. The first-order valence-electron chi connectivity index (χ1n) is 12.8. The lowest BCUT2D eigenvalue weighted by atomic mass is 9.84. The van der Waals surface area contributed by atoms with Crippen molar-refractivity contribution in [1.29, 1.82) is 0 Å². The number of benzene rings is 2. The van der Waals surface area contributed by atoms with E-state index in [-0.39, 0.29) is 35.6 Å². The van der Waals surface area contributed by atoms with Crippen LogP contribution < -0.4 is 19.8 Å². The maximum Gasteiger partial charge on any atom is 0.586 e. The normalized spacial score (nSPS) is 14.5. The quantitative estimate of drug-likeness (QED) is 0.352. The number of ether oxygens (including phenoxy) is 2. The van der Waals surface area contributed by atoms with Gasteiger partial charge < -0.3 is 19.6 Å². The number of carbonyl (C=O) groups excluding carboxylic acids is 1. The molecule has 3 aromatic rings. The summed E-state index contributed by atoms with van der Waals surface area (Å²) >= 11 is 0. The molecule has 0 saturated carbocycles. The number of carbonyl (C=O) groups is 1. The molecule has 41 heavy (non-hydrogen) atoms. The van der Waals surface area contributed by atoms with Crippen molar-refractivity contribution in [2.24, 2.45) is 0 Å². The van der Waals surface area contributed by atoms with E-state index in [0.717, 1.165) is 17.3 Å². The first kappa shape index (κ1) is 30.1. The Hall–Kier alpha value is -3.84. The van der Waals surface area contributed by atoms with Crippen LogP contribution in [-0.2, 0) is 26.8 Å². The molecule has 2 heterocycles. The number of halogens is 2. The average Bonchev–Trinajstić information content (AvgIpc) is 3.15. The van der Waals surface area contributed by atoms with Crippen molar-refractivity contribution in [3.05, 3.63) is 69.4 Å². The Labute approximate surface area is 235 Å². The van der Waals surface area contributed by atoms with Crippen LogP contribution in [-0.4, -0.2) is 35.7 Å². The second-order valence-corrected chi connectivity index (χ2v) is 12.6. The van der Waals surface area contributed by atoms with Crippen LogP contribution in [0.3, 0.4) is 0 Å². The SMILES string of the molecule is CC(C)c1cc(-c2ccc3c(c2)OC(F)(F)O3)cc(C(C)C)c1CC(=O)NS(=O)(=O)c1cnc(C(C)(C)O)[nH]c1=O. The van der Waals surface area contributed by atoms with Crippen LogP contribution in [0, 0.1) is 0 Å². The summed E-state index contributed by atoms with van der Waals surface area (Å²) in [7, 11) is -4.58. The molecule has 1 amide bonds. The summed E-state index contributed by atoms with van der Waals surface area (Å²) in [6.07, 6.45) is -3.26. The van der Waals surface area contributed by atoms with Crippen molar-refractivity contribution >= 4 is 15.9 Å². The number of alkyl halides is 2. The van der Waals surface area contributed by atoms with Crippen molar-refractivity contribution < 1.29 is 36.6 Å². The Bertz CT molecular complexity index is 1650. The number of fused-ring (bicyclic) bond motifs is 1. The zero-order valence-corrected chi connectivity index (χ0v) is 24.2. The summed E-state index contributed by atoms with van der Waals surface area (Å²) in [5.74, 6) is -1.35. The number of nitrogens with one attached hydrogen (secondary N) is 2. The Morgan fingerprint density at radius 3 is 2.17 bits per heavy atom. The lowest BCUT2D eigenvalue weighted by Gasteiger charge is -2.22. The number of aromatic amines is 1. The second kappa shape index (κ2) is 10.5. The second-order valence-electron chi connectivity index (χ2n) is 11.0. The van der Waals surface area contributed by atoms with Gasteiger partial charge in [0, 0.05) is 0 Å². The molecular weight excluding hydrogens is 560 g/mol. The van der Waals surface area contributed by atoms with Crippen LogP contribution in [0.4, 0.5) is 8.78 Å². The fraction of sp³-hybridized carbons (Fsp3) is 0.393. The van der Waals surface area contributed by atoms with Crippen LogP contribution in [0.1, 0.15) is 75.9 Å². The molecule has 0 aliphatic carbocycles. The molecule has 2 aromatic carbocycles. The predicted octanol–water partition coefficient (Wildman–Crippen LogP) is 4.28. The van der Waals surface area contributed by atoms with Gasteiger partial charge in [-0.25, -0.2) is 18.1 Å². The van der Waals surface area contributed by atoms with Crippen LogP contribution in [0.25, 0.3) is 11.1 Å². The van der Waals surface area contributed by atoms with E-state index >= 15 is 0 Å². The third-order valence-corrected chi connectivity index (χ3v) is 7.88. The fourth-order valence-corrected chi connectivity index (χ4v) is 5.50. The maximum atomic E-state index is 13.5. The predicted molar refractivity (Wildman–Crippen MR) is 145 cm³/mol. The van der Waals surface area contributed by atoms with Crippen LogP contribution in [0.2, 0.25) is 0 Å². The van der Waals surface area contributed by atoms with E-state index in [0.29, 0.717) is 16.7 Å². The molecular formula is C28H31F2N3O7S. The van der Waals surface area contributed by atoms with Crippen LogP contribution >= 0.6 is 0 Å². The van der Waals surface area contributed by atoms with Gasteiger partial charge in [0.1, 0.15) is 11.4 Å². The monoisotopic (exact) mass is 591 g/mol. The van der Waals surface area contributed by atoms with Crippen molar-refractivity contribution in [3.8, 4) is 22.6 Å². The summed E-state index contributed by atoms with van der Waals surface area (Å²) in [5, 5.41) is 10.0. The van der Waals surface area contributed by atoms with Crippen molar-refractivity contribution in [1.82, 2.24) is 14.7 Å². The van der Waals surface area contributed by atoms with Gasteiger partial charge >= 0.3 is 6.29 Å². The Morgan fingerprint density at radius 2 is 1.63 bits per heavy atom. The highest BCUT2D eigenvalue weighted by atomic mass is 32.2. The standard InChI is InChI=1S/C28H31F2N3O7S/c1-14(2)18-9-17(16-7-8-21-22(11-16)40-28(29,30)39-21)10-19(15(3)4)20(18)12-24(34)33-41(37,38)23-13-31-26(27(5,6)36)32-25(23)35/h7-11,13-15,36H,12H2,1-6H3,(H,33,34)(H,31,32,35). The summed E-state index contributed by atoms with van der Waals surface area (Å²) in [6.45, 7) is 10.4. The van der Waals surface area contributed by atoms with Gasteiger partial charge in [0.15, 0.2) is 16.4 Å². The number of amides is 1. The van der Waals surface area contributed by atoms with E-state index < -0.39 is 38.3 Å². The van der Waals surface area contributed by atoms with Gasteiger partial charge in [0.2, 0.25) is 5.91 Å². The molecule has 1 aromatic heterocycles. The minimum atomic E-state index is -4.58. The fourth-order valence-electron chi connectivity index (χ4n) is 4.53. The molecule has 220 valence electrons. The molecule has 0 fully saturated rings. The number of aromatic nitrogens is 2. The van der Waals surface area contributed by atoms with Crippen LogP contribution in [0.5, 0.6) is 11.5 Å². The molecule has 3 N–H and O–H groups in total. The highest BCUT2D eigenvalue weighted by molar-refractivity contribution is 7.90. The van der Waals surface area contributed by atoms with E-state index in [9.17, 15) is 31.9 Å². The van der Waals surface area contributed by atoms with Gasteiger partial charge in [-0.2, -0.15) is 0 Å². The number of hydrogen-bond donors (Lipinski definition) is 3. The number of rotatable bonds is 8. The van der Waals surface area contributed by atoms with Crippen molar-refractivity contribution in [3.63, 3.8) is 0 Å². The smallest absolute Gasteiger partial charge is 0.395 e. The van der Waals surface area contributed by atoms with E-state index in [4.69, 9.17) is 0 Å². The highest BCUT2D eigenvalue weighted by Crippen LogP contribution is 2.44. The molecule has 1 aliphatic heterocycles. The largest absolute Gasteiger partial charge is 0.586 e. The molecule has 0 saturated heterocycles. The van der Waals surface area contributed by atoms with Crippen molar-refractivity contribution in [2.75, 3.05) is 0 Å². The zero-order valence-electron chi connectivity index (χ0n) is 23.3. The first-order valence-corrected chi connectivity index (χ1v) is 14.3. The zero-order chi connectivity index (χ0) is 30.5. The van der Waals surface area contributed by atoms with Crippen molar-refractivity contribution in [2.45, 2.75) is 76.6 Å². The van der Waals surface area contributed by atoms with E-state index in [1.165, 1.54) is 26.0 Å². The van der Waals surface area contributed by atoms with Gasteiger partial charge in [0.25, 0.3) is 15.6 Å². The molecule has 0 bridgehead atoms. The number of H-pyrrole nitrogens is 1. The first-order chi connectivity index (χ1) is 18.9. The number of sulfonamides is 1. The third-order valence-electron chi connectivity index (χ3n) is 6.52. The molecule has 0 atom stereocenters. The summed E-state index contributed by atoms with van der Waals surface area (Å²) in [4.78, 5) is 30.8. The lowest BCUT2D eigenvalue weighted by molar-refractivity contribution is -0.286. The summed E-state index contributed by atoms with van der Waals surface area (Å²) in [6, 6.07) is 8.13. The maximum absolute atomic E-state index is 13.5. The number of nitrogens with zero attached hydrogens (tertiary/aromatic N) is 1. The summed E-state index contributed by atoms with van der Waals surface area (Å²) < 4.78 is 63.9. The topological polar surface area (TPSA) is 148 Å². The minimum Gasteiger partial charge on any atom is -0.395 e. The molecule has 1 aliphatic rings. The highest BCUT2D eigenvalue weighted by Gasteiger charge is 2.43. The van der Waals surface area contributed by atoms with Gasteiger partial charge in [-0.3, -0.25) is 9.59 Å². The molecule has 0 unspecified atom stereocenters. The average molecular weight is 592 g/mol. The molecule has 10 nitrogen and oxygen atoms in total. The van der Waals surface area contributed by atoms with E-state index in [1.807, 2.05) is 44.5 Å². The van der Waals surface area contributed by atoms with E-state index in [1.54, 1.807) is 6.07 Å². The molecule has 13 heteroatoms. The molecule has 0 radical (unpaired) electrons. The number of aliphatic hydroxyl groups is 1. The number of hydrogen-bond acceptors (Lipinski definition) is 8. The lowest BCUT2D eigenvalue weighted by Crippen LogP contribution is -2.36. The van der Waals surface area contributed by atoms with Gasteiger partial charge in [0.05, 0.1) is 12.6 Å². The molecule has 4 rings (SSSR count). The summed E-state index contributed by atoms with van der Waals surface area (Å²) in [5.41, 5.74) is 0.876. The van der Waals surface area contributed by atoms with Crippen LogP contribution in [0.15, 0.2) is 46.2 Å². The third kappa shape index (κ3) is 6.41. The Kier molecular flexibility index (Phi) is 7.74. The van der Waals surface area contributed by atoms with Gasteiger partial charge in [-0.05, 0) is 65.6 Å². The van der Waals surface area contributed by atoms with Gasteiger partial charge in [-0.15, -0.1) is 8.78 Å². The Morgan fingerprint density at radius 1 is 1.05 bits per heavy atom. The Balaban J connectivity index is 1.67. The van der Waals surface area contributed by atoms with Gasteiger partial charge in [-0.1, -0.05) is 45.9 Å². The van der Waals surface area contributed by atoms with E-state index in [2.05, 4.69) is 19.4 Å².